The number of hydrogen-bond donors (Lipinski definition) is 1. The highest BCUT2D eigenvalue weighted by Crippen LogP contribution is 2.31. The highest BCUT2D eigenvalue weighted by molar-refractivity contribution is 5.97. The second-order valence-electron chi connectivity index (χ2n) is 8.29. The topological polar surface area (TPSA) is 75.9 Å². The van der Waals surface area contributed by atoms with Crippen LogP contribution in [0.15, 0.2) is 42.5 Å². The molecule has 7 nitrogen and oxygen atoms in total. The molecule has 0 saturated carbocycles. The van der Waals surface area contributed by atoms with Gasteiger partial charge in [0.25, 0.3) is 5.91 Å². The molecule has 1 aromatic heterocycles. The molecule has 0 unspecified atom stereocenters. The van der Waals surface area contributed by atoms with Crippen molar-refractivity contribution >= 4 is 17.3 Å². The molecule has 1 heterocycles. The molecule has 0 aliphatic rings. The van der Waals surface area contributed by atoms with Crippen LogP contribution >= 0.6 is 0 Å². The molecule has 0 fully saturated rings. The SMILES string of the molecule is CCN(CC)C(=O)c1ccc(Nc2ccc(C(C)(C)C)cc2)c(-c2nnn(C)n2)c1. The van der Waals surface area contributed by atoms with Crippen LogP contribution in [0.5, 0.6) is 0 Å². The summed E-state index contributed by atoms with van der Waals surface area (Å²) in [5.41, 5.74) is 4.48. The number of rotatable bonds is 6. The molecule has 3 rings (SSSR count). The van der Waals surface area contributed by atoms with E-state index in [-0.39, 0.29) is 11.3 Å². The van der Waals surface area contributed by atoms with Crippen molar-refractivity contribution in [3.8, 4) is 11.4 Å². The zero-order chi connectivity index (χ0) is 21.9. The van der Waals surface area contributed by atoms with Crippen LogP contribution in [0.25, 0.3) is 11.4 Å². The van der Waals surface area contributed by atoms with Crippen molar-refractivity contribution < 1.29 is 4.79 Å². The number of carbonyl (C=O) groups is 1. The van der Waals surface area contributed by atoms with Crippen LogP contribution in [0, 0.1) is 0 Å². The Labute approximate surface area is 178 Å². The number of carbonyl (C=O) groups excluding carboxylic acids is 1. The number of nitrogens with zero attached hydrogens (tertiary/aromatic N) is 5. The van der Waals surface area contributed by atoms with E-state index in [2.05, 4.69) is 65.8 Å². The lowest BCUT2D eigenvalue weighted by atomic mass is 9.87. The summed E-state index contributed by atoms with van der Waals surface area (Å²) in [5, 5.41) is 15.9. The van der Waals surface area contributed by atoms with Crippen LogP contribution in [0.3, 0.4) is 0 Å². The molecule has 3 aromatic rings. The first-order chi connectivity index (χ1) is 14.2. The Hall–Kier alpha value is -3.22. The molecule has 0 bridgehead atoms. The van der Waals surface area contributed by atoms with Gasteiger partial charge in [-0.2, -0.15) is 4.80 Å². The second kappa shape index (κ2) is 8.65. The van der Waals surface area contributed by atoms with E-state index in [4.69, 9.17) is 0 Å². The zero-order valence-corrected chi connectivity index (χ0v) is 18.6. The summed E-state index contributed by atoms with van der Waals surface area (Å²) in [6.45, 7) is 11.9. The first-order valence-corrected chi connectivity index (χ1v) is 10.3. The summed E-state index contributed by atoms with van der Waals surface area (Å²) in [4.78, 5) is 16.0. The minimum absolute atomic E-state index is 0.00813. The average molecular weight is 407 g/mol. The fraction of sp³-hybridized carbons (Fsp3) is 0.391. The third-order valence-electron chi connectivity index (χ3n) is 5.10. The molecule has 0 saturated heterocycles. The van der Waals surface area contributed by atoms with E-state index < -0.39 is 0 Å². The Bertz CT molecular complexity index is 1010. The van der Waals surface area contributed by atoms with Crippen molar-refractivity contribution in [1.82, 2.24) is 25.1 Å². The lowest BCUT2D eigenvalue weighted by Crippen LogP contribution is -2.30. The molecule has 1 N–H and O–H groups in total. The van der Waals surface area contributed by atoms with E-state index in [0.29, 0.717) is 24.5 Å². The van der Waals surface area contributed by atoms with Gasteiger partial charge < -0.3 is 10.2 Å². The highest BCUT2D eigenvalue weighted by atomic mass is 16.2. The van der Waals surface area contributed by atoms with Gasteiger partial charge >= 0.3 is 0 Å². The predicted molar refractivity (Wildman–Crippen MR) is 120 cm³/mol. The van der Waals surface area contributed by atoms with Gasteiger partial charge in [0.15, 0.2) is 0 Å². The summed E-state index contributed by atoms with van der Waals surface area (Å²) in [6, 6.07) is 13.9. The molecule has 1 amide bonds. The Morgan fingerprint density at radius 3 is 2.27 bits per heavy atom. The Morgan fingerprint density at radius 2 is 1.73 bits per heavy atom. The summed E-state index contributed by atoms with van der Waals surface area (Å²) in [6.07, 6.45) is 0. The maximum atomic E-state index is 12.8. The fourth-order valence-electron chi connectivity index (χ4n) is 3.27. The van der Waals surface area contributed by atoms with Gasteiger partial charge in [0.2, 0.25) is 5.82 Å². The van der Waals surface area contributed by atoms with Crippen LogP contribution in [0.2, 0.25) is 0 Å². The quantitative estimate of drug-likeness (QED) is 0.657. The third-order valence-corrected chi connectivity index (χ3v) is 5.10. The van der Waals surface area contributed by atoms with E-state index in [0.717, 1.165) is 16.9 Å². The number of benzene rings is 2. The molecule has 0 radical (unpaired) electrons. The molecule has 7 heteroatoms. The summed E-state index contributed by atoms with van der Waals surface area (Å²) in [7, 11) is 1.72. The van der Waals surface area contributed by atoms with E-state index in [9.17, 15) is 4.79 Å². The highest BCUT2D eigenvalue weighted by Gasteiger charge is 2.18. The summed E-state index contributed by atoms with van der Waals surface area (Å²) < 4.78 is 0. The molecule has 2 aromatic carbocycles. The van der Waals surface area contributed by atoms with Gasteiger partial charge in [-0.05, 0) is 60.4 Å². The van der Waals surface area contributed by atoms with Crippen LogP contribution in [-0.2, 0) is 12.5 Å². The molecule has 0 aliphatic carbocycles. The largest absolute Gasteiger partial charge is 0.355 e. The minimum Gasteiger partial charge on any atom is -0.355 e. The number of hydrogen-bond acceptors (Lipinski definition) is 5. The van der Waals surface area contributed by atoms with Gasteiger partial charge in [-0.1, -0.05) is 32.9 Å². The van der Waals surface area contributed by atoms with Gasteiger partial charge in [0, 0.05) is 35.6 Å². The van der Waals surface area contributed by atoms with Crippen molar-refractivity contribution in [2.24, 2.45) is 7.05 Å². The van der Waals surface area contributed by atoms with Gasteiger partial charge in [0.1, 0.15) is 0 Å². The lowest BCUT2D eigenvalue weighted by Gasteiger charge is -2.20. The van der Waals surface area contributed by atoms with Gasteiger partial charge in [-0.3, -0.25) is 4.79 Å². The first-order valence-electron chi connectivity index (χ1n) is 10.3. The van der Waals surface area contributed by atoms with Crippen molar-refractivity contribution in [1.29, 1.82) is 0 Å². The maximum Gasteiger partial charge on any atom is 0.253 e. The molecule has 0 spiro atoms. The second-order valence-corrected chi connectivity index (χ2v) is 8.29. The van der Waals surface area contributed by atoms with Crippen LogP contribution in [0.1, 0.15) is 50.5 Å². The number of aryl methyl sites for hydroxylation is 1. The first kappa shape index (κ1) is 21.5. The van der Waals surface area contributed by atoms with Crippen molar-refractivity contribution in [2.45, 2.75) is 40.0 Å². The van der Waals surface area contributed by atoms with E-state index in [1.165, 1.54) is 10.4 Å². The number of aromatic nitrogens is 4. The smallest absolute Gasteiger partial charge is 0.253 e. The Balaban J connectivity index is 1.98. The zero-order valence-electron chi connectivity index (χ0n) is 18.6. The fourth-order valence-corrected chi connectivity index (χ4v) is 3.27. The number of tetrazole rings is 1. The normalized spacial score (nSPS) is 11.4. The number of anilines is 2. The Morgan fingerprint density at radius 1 is 1.07 bits per heavy atom. The molecule has 30 heavy (non-hydrogen) atoms. The maximum absolute atomic E-state index is 12.8. The van der Waals surface area contributed by atoms with Gasteiger partial charge in [0.05, 0.1) is 7.05 Å². The van der Waals surface area contributed by atoms with Crippen LogP contribution in [0.4, 0.5) is 11.4 Å². The van der Waals surface area contributed by atoms with Gasteiger partial charge in [-0.25, -0.2) is 0 Å². The van der Waals surface area contributed by atoms with Crippen molar-refractivity contribution in [2.75, 3.05) is 18.4 Å². The van der Waals surface area contributed by atoms with E-state index in [1.807, 2.05) is 32.0 Å². The average Bonchev–Trinajstić information content (AvgIpc) is 3.15. The standard InChI is InChI=1S/C23H30N6O/c1-7-29(8-2)22(30)16-9-14-20(19(15-16)21-25-27-28(6)26-21)24-18-12-10-17(11-13-18)23(3,4)5/h9-15,24H,7-8H2,1-6H3. The van der Waals surface area contributed by atoms with Gasteiger partial charge in [-0.15, -0.1) is 10.2 Å². The molecule has 158 valence electrons. The molecule has 0 atom stereocenters. The van der Waals surface area contributed by atoms with Crippen LogP contribution < -0.4 is 5.32 Å². The monoisotopic (exact) mass is 406 g/mol. The molecule has 0 aliphatic heterocycles. The minimum atomic E-state index is -0.00813. The number of amides is 1. The predicted octanol–water partition coefficient (Wildman–Crippen LogP) is 4.40. The molecular formula is C23H30N6O. The third kappa shape index (κ3) is 4.67. The van der Waals surface area contributed by atoms with E-state index >= 15 is 0 Å². The summed E-state index contributed by atoms with van der Waals surface area (Å²) in [5.74, 6) is 0.465. The van der Waals surface area contributed by atoms with Crippen molar-refractivity contribution in [3.05, 3.63) is 53.6 Å². The van der Waals surface area contributed by atoms with Crippen molar-refractivity contribution in [3.63, 3.8) is 0 Å². The molecular weight excluding hydrogens is 376 g/mol. The lowest BCUT2D eigenvalue weighted by molar-refractivity contribution is 0.0773. The summed E-state index contributed by atoms with van der Waals surface area (Å²) >= 11 is 0. The number of nitrogens with one attached hydrogen (secondary N) is 1. The van der Waals surface area contributed by atoms with Crippen LogP contribution in [-0.4, -0.2) is 44.1 Å². The van der Waals surface area contributed by atoms with E-state index in [1.54, 1.807) is 11.9 Å². The Kier molecular flexibility index (Phi) is 6.20.